The van der Waals surface area contributed by atoms with Gasteiger partial charge in [0.05, 0.1) is 11.0 Å². The number of nitrogens with zero attached hydrogens (tertiary/aromatic N) is 1. The molecule has 0 aliphatic heterocycles. The van der Waals surface area contributed by atoms with Gasteiger partial charge in [-0.3, -0.25) is 0 Å². The number of ether oxygens (including phenoxy) is 1. The van der Waals surface area contributed by atoms with Crippen LogP contribution in [-0.2, 0) is 11.3 Å². The first-order valence-corrected chi connectivity index (χ1v) is 4.62. The first-order valence-electron chi connectivity index (χ1n) is 4.62. The Kier molecular flexibility index (Phi) is 2.64. The minimum atomic E-state index is -0.892. The van der Waals surface area contributed by atoms with Crippen LogP contribution in [0.1, 0.15) is 12.7 Å². The SMILES string of the molecule is CCOCc1nc2cc(F)c(F)cc2[nH]1. The van der Waals surface area contributed by atoms with Crippen molar-refractivity contribution in [2.24, 2.45) is 0 Å². The van der Waals surface area contributed by atoms with E-state index in [-0.39, 0.29) is 0 Å². The summed E-state index contributed by atoms with van der Waals surface area (Å²) in [5.41, 5.74) is 0.882. The summed E-state index contributed by atoms with van der Waals surface area (Å²) in [6.07, 6.45) is 0. The summed E-state index contributed by atoms with van der Waals surface area (Å²) in [6.45, 7) is 2.75. The lowest BCUT2D eigenvalue weighted by Crippen LogP contribution is -1.93. The van der Waals surface area contributed by atoms with Gasteiger partial charge in [0.25, 0.3) is 0 Å². The van der Waals surface area contributed by atoms with Gasteiger partial charge in [-0.15, -0.1) is 0 Å². The van der Waals surface area contributed by atoms with Crippen molar-refractivity contribution in [1.82, 2.24) is 9.97 Å². The molecule has 5 heteroatoms. The maximum Gasteiger partial charge on any atom is 0.161 e. The highest BCUT2D eigenvalue weighted by Crippen LogP contribution is 2.16. The Morgan fingerprint density at radius 1 is 1.33 bits per heavy atom. The minimum Gasteiger partial charge on any atom is -0.374 e. The molecular weight excluding hydrogens is 202 g/mol. The van der Waals surface area contributed by atoms with Crippen LogP contribution in [0, 0.1) is 11.6 Å². The standard InChI is InChI=1S/C10H10F2N2O/c1-2-15-5-10-13-8-3-6(11)7(12)4-9(8)14-10/h3-4H,2,5H2,1H3,(H,13,14). The van der Waals surface area contributed by atoms with Crippen LogP contribution >= 0.6 is 0 Å². The molecule has 0 aliphatic rings. The normalized spacial score (nSPS) is 11.1. The van der Waals surface area contributed by atoms with E-state index >= 15 is 0 Å². The Hall–Kier alpha value is -1.49. The third-order valence-corrected chi connectivity index (χ3v) is 2.02. The van der Waals surface area contributed by atoms with E-state index in [9.17, 15) is 8.78 Å². The van der Waals surface area contributed by atoms with Crippen molar-refractivity contribution in [3.05, 3.63) is 29.6 Å². The summed E-state index contributed by atoms with van der Waals surface area (Å²) < 4.78 is 30.8. The molecule has 0 amide bonds. The maximum absolute atomic E-state index is 12.9. The summed E-state index contributed by atoms with van der Waals surface area (Å²) in [6, 6.07) is 2.16. The van der Waals surface area contributed by atoms with Crippen LogP contribution in [0.25, 0.3) is 11.0 Å². The Morgan fingerprint density at radius 2 is 2.07 bits per heavy atom. The second-order valence-corrected chi connectivity index (χ2v) is 3.10. The molecule has 0 fully saturated rings. The topological polar surface area (TPSA) is 37.9 Å². The molecule has 0 saturated carbocycles. The molecule has 1 aromatic carbocycles. The van der Waals surface area contributed by atoms with Crippen LogP contribution < -0.4 is 0 Å². The number of H-pyrrole nitrogens is 1. The number of nitrogens with one attached hydrogen (secondary N) is 1. The van der Waals surface area contributed by atoms with E-state index in [1.54, 1.807) is 0 Å². The van der Waals surface area contributed by atoms with Gasteiger partial charge >= 0.3 is 0 Å². The van der Waals surface area contributed by atoms with E-state index in [4.69, 9.17) is 4.74 Å². The zero-order chi connectivity index (χ0) is 10.8. The van der Waals surface area contributed by atoms with E-state index in [0.29, 0.717) is 30.1 Å². The molecule has 0 saturated heterocycles. The van der Waals surface area contributed by atoms with Crippen LogP contribution in [0.4, 0.5) is 8.78 Å². The summed E-state index contributed by atoms with van der Waals surface area (Å²) in [7, 11) is 0. The summed E-state index contributed by atoms with van der Waals surface area (Å²) in [5, 5.41) is 0. The van der Waals surface area contributed by atoms with Crippen molar-refractivity contribution < 1.29 is 13.5 Å². The molecule has 2 rings (SSSR count). The molecule has 80 valence electrons. The molecule has 1 heterocycles. The molecule has 0 unspecified atom stereocenters. The van der Waals surface area contributed by atoms with Gasteiger partial charge in [0, 0.05) is 18.7 Å². The van der Waals surface area contributed by atoms with Crippen LogP contribution in [0.15, 0.2) is 12.1 Å². The van der Waals surface area contributed by atoms with Gasteiger partial charge in [-0.05, 0) is 6.92 Å². The third kappa shape index (κ3) is 1.97. The number of halogens is 2. The first kappa shape index (κ1) is 10.0. The summed E-state index contributed by atoms with van der Waals surface area (Å²) >= 11 is 0. The predicted molar refractivity (Wildman–Crippen MR) is 51.3 cm³/mol. The molecule has 3 nitrogen and oxygen atoms in total. The molecule has 15 heavy (non-hydrogen) atoms. The molecule has 0 atom stereocenters. The number of benzene rings is 1. The number of hydrogen-bond donors (Lipinski definition) is 1. The monoisotopic (exact) mass is 212 g/mol. The zero-order valence-electron chi connectivity index (χ0n) is 8.18. The van der Waals surface area contributed by atoms with Crippen LogP contribution in [-0.4, -0.2) is 16.6 Å². The second kappa shape index (κ2) is 3.94. The van der Waals surface area contributed by atoms with Crippen molar-refractivity contribution in [2.45, 2.75) is 13.5 Å². The average molecular weight is 212 g/mol. The lowest BCUT2D eigenvalue weighted by atomic mass is 10.3. The van der Waals surface area contributed by atoms with E-state index in [1.807, 2.05) is 6.92 Å². The first-order chi connectivity index (χ1) is 7.20. The average Bonchev–Trinajstić information content (AvgIpc) is 2.58. The number of fused-ring (bicyclic) bond motifs is 1. The molecule has 0 radical (unpaired) electrons. The number of aromatic amines is 1. The molecule has 1 N–H and O–H groups in total. The summed E-state index contributed by atoms with van der Waals surface area (Å²) in [4.78, 5) is 6.92. The van der Waals surface area contributed by atoms with Gasteiger partial charge in [-0.2, -0.15) is 0 Å². The lowest BCUT2D eigenvalue weighted by Gasteiger charge is -1.94. The quantitative estimate of drug-likeness (QED) is 0.848. The van der Waals surface area contributed by atoms with Crippen molar-refractivity contribution in [2.75, 3.05) is 6.61 Å². The van der Waals surface area contributed by atoms with Gasteiger partial charge < -0.3 is 9.72 Å². The van der Waals surface area contributed by atoms with Gasteiger partial charge in [0.15, 0.2) is 11.6 Å². The van der Waals surface area contributed by atoms with Gasteiger partial charge in [-0.25, -0.2) is 13.8 Å². The van der Waals surface area contributed by atoms with E-state index < -0.39 is 11.6 Å². The molecule has 0 spiro atoms. The van der Waals surface area contributed by atoms with Crippen molar-refractivity contribution in [3.63, 3.8) is 0 Å². The van der Waals surface area contributed by atoms with E-state index in [1.165, 1.54) is 0 Å². The molecular formula is C10H10F2N2O. The van der Waals surface area contributed by atoms with Crippen molar-refractivity contribution >= 4 is 11.0 Å². The molecule has 0 aliphatic carbocycles. The number of rotatable bonds is 3. The highest BCUT2D eigenvalue weighted by molar-refractivity contribution is 5.75. The number of hydrogen-bond acceptors (Lipinski definition) is 2. The zero-order valence-corrected chi connectivity index (χ0v) is 8.18. The third-order valence-electron chi connectivity index (χ3n) is 2.02. The number of imidazole rings is 1. The number of aromatic nitrogens is 2. The van der Waals surface area contributed by atoms with E-state index in [0.717, 1.165) is 12.1 Å². The highest BCUT2D eigenvalue weighted by atomic mass is 19.2. The molecule has 2 aromatic rings. The Labute approximate surface area is 85.1 Å². The Morgan fingerprint density at radius 3 is 2.80 bits per heavy atom. The van der Waals surface area contributed by atoms with Gasteiger partial charge in [0.2, 0.25) is 0 Å². The van der Waals surface area contributed by atoms with Crippen LogP contribution in [0.3, 0.4) is 0 Å². The van der Waals surface area contributed by atoms with Crippen molar-refractivity contribution in [3.8, 4) is 0 Å². The second-order valence-electron chi connectivity index (χ2n) is 3.10. The minimum absolute atomic E-state index is 0.314. The Bertz CT molecular complexity index is 442. The van der Waals surface area contributed by atoms with Crippen molar-refractivity contribution in [1.29, 1.82) is 0 Å². The lowest BCUT2D eigenvalue weighted by molar-refractivity contribution is 0.129. The van der Waals surface area contributed by atoms with Crippen LogP contribution in [0.2, 0.25) is 0 Å². The Balaban J connectivity index is 2.38. The maximum atomic E-state index is 12.9. The van der Waals surface area contributed by atoms with Crippen LogP contribution in [0.5, 0.6) is 0 Å². The summed E-state index contributed by atoms with van der Waals surface area (Å²) in [5.74, 6) is -1.21. The predicted octanol–water partition coefficient (Wildman–Crippen LogP) is 2.38. The largest absolute Gasteiger partial charge is 0.374 e. The molecule has 1 aromatic heterocycles. The fourth-order valence-electron chi connectivity index (χ4n) is 1.32. The van der Waals surface area contributed by atoms with Gasteiger partial charge in [0.1, 0.15) is 12.4 Å². The highest BCUT2D eigenvalue weighted by Gasteiger charge is 2.08. The molecule has 0 bridgehead atoms. The van der Waals surface area contributed by atoms with Gasteiger partial charge in [-0.1, -0.05) is 0 Å². The smallest absolute Gasteiger partial charge is 0.161 e. The van der Waals surface area contributed by atoms with E-state index in [2.05, 4.69) is 9.97 Å². The fraction of sp³-hybridized carbons (Fsp3) is 0.300. The fourth-order valence-corrected chi connectivity index (χ4v) is 1.32.